The molecule has 0 saturated carbocycles. The molecule has 0 aromatic carbocycles. The largest absolute Gasteiger partial charge is 0.343 e. The van der Waals surface area contributed by atoms with Crippen molar-refractivity contribution >= 4 is 0 Å². The van der Waals surface area contributed by atoms with Gasteiger partial charge in [-0.3, -0.25) is 4.68 Å². The molecule has 1 atom stereocenters. The van der Waals surface area contributed by atoms with Gasteiger partial charge in [0.2, 0.25) is 0 Å². The second-order valence-corrected chi connectivity index (χ2v) is 5.25. The van der Waals surface area contributed by atoms with Crippen LogP contribution < -0.4 is 5.73 Å². The van der Waals surface area contributed by atoms with Crippen molar-refractivity contribution in [3.05, 3.63) is 41.0 Å². The fourth-order valence-corrected chi connectivity index (χ4v) is 2.93. The Morgan fingerprint density at radius 2 is 2.33 bits per heavy atom. The zero-order valence-corrected chi connectivity index (χ0v) is 11.1. The Morgan fingerprint density at radius 3 is 3.06 bits per heavy atom. The van der Waals surface area contributed by atoms with Crippen LogP contribution in [0.3, 0.4) is 0 Å². The van der Waals surface area contributed by atoms with E-state index >= 15 is 0 Å². The third-order valence-electron chi connectivity index (χ3n) is 3.87. The third kappa shape index (κ3) is 1.86. The summed E-state index contributed by atoms with van der Waals surface area (Å²) in [5.74, 6) is 0. The number of nitrogens with two attached hydrogens (primary N) is 1. The summed E-state index contributed by atoms with van der Waals surface area (Å²) < 4.78 is 4.23. The Bertz CT molecular complexity index is 564. The Labute approximate surface area is 107 Å². The molecule has 18 heavy (non-hydrogen) atoms. The van der Waals surface area contributed by atoms with Crippen LogP contribution >= 0.6 is 0 Å². The van der Waals surface area contributed by atoms with Gasteiger partial charge in [0.25, 0.3) is 0 Å². The van der Waals surface area contributed by atoms with Gasteiger partial charge in [-0.25, -0.2) is 0 Å². The molecule has 96 valence electrons. The minimum atomic E-state index is 0.220. The predicted octanol–water partition coefficient (Wildman–Crippen LogP) is 1.91. The van der Waals surface area contributed by atoms with Gasteiger partial charge < -0.3 is 10.3 Å². The van der Waals surface area contributed by atoms with Crippen molar-refractivity contribution < 1.29 is 0 Å². The van der Waals surface area contributed by atoms with E-state index in [0.29, 0.717) is 0 Å². The molecule has 1 aliphatic rings. The highest BCUT2D eigenvalue weighted by molar-refractivity contribution is 5.33. The van der Waals surface area contributed by atoms with Crippen molar-refractivity contribution in [3.8, 4) is 0 Å². The highest BCUT2D eigenvalue weighted by atomic mass is 15.3. The monoisotopic (exact) mass is 244 g/mol. The van der Waals surface area contributed by atoms with Gasteiger partial charge in [0.1, 0.15) is 0 Å². The maximum Gasteiger partial charge on any atom is 0.0821 e. The zero-order valence-electron chi connectivity index (χ0n) is 11.1. The normalized spacial score (nSPS) is 18.9. The number of hydrogen-bond donors (Lipinski definition) is 1. The minimum absolute atomic E-state index is 0.220. The van der Waals surface area contributed by atoms with Crippen LogP contribution in [0.5, 0.6) is 0 Å². The second kappa shape index (κ2) is 4.28. The summed E-state index contributed by atoms with van der Waals surface area (Å²) in [6.07, 6.45) is 5.44. The van der Waals surface area contributed by atoms with Crippen LogP contribution in [0.2, 0.25) is 0 Å². The molecule has 1 aliphatic carbocycles. The summed E-state index contributed by atoms with van der Waals surface area (Å²) in [6.45, 7) is 3.02. The first kappa shape index (κ1) is 11.5. The second-order valence-electron chi connectivity index (χ2n) is 5.25. The molecular formula is C14H20N4. The zero-order chi connectivity index (χ0) is 12.7. The molecule has 2 heterocycles. The summed E-state index contributed by atoms with van der Waals surface area (Å²) in [6, 6.07) is 4.55. The van der Waals surface area contributed by atoms with E-state index in [1.54, 1.807) is 0 Å². The van der Waals surface area contributed by atoms with Crippen molar-refractivity contribution in [2.45, 2.75) is 38.8 Å². The summed E-state index contributed by atoms with van der Waals surface area (Å²) in [5.41, 5.74) is 11.4. The molecule has 4 nitrogen and oxygen atoms in total. The van der Waals surface area contributed by atoms with E-state index in [4.69, 9.17) is 5.73 Å². The van der Waals surface area contributed by atoms with Crippen molar-refractivity contribution in [1.82, 2.24) is 14.3 Å². The number of hydrogen-bond acceptors (Lipinski definition) is 2. The topological polar surface area (TPSA) is 48.8 Å². The molecular weight excluding hydrogens is 224 g/mol. The Hall–Kier alpha value is -1.55. The Kier molecular flexibility index (Phi) is 2.74. The van der Waals surface area contributed by atoms with Gasteiger partial charge in [0, 0.05) is 30.7 Å². The van der Waals surface area contributed by atoms with E-state index in [0.717, 1.165) is 25.1 Å². The summed E-state index contributed by atoms with van der Waals surface area (Å²) in [5, 5.41) is 4.46. The lowest BCUT2D eigenvalue weighted by molar-refractivity contribution is 0.544. The van der Waals surface area contributed by atoms with E-state index in [1.807, 2.05) is 17.9 Å². The SMILES string of the molecule is Cc1cc2c(n1Cc1ccn(C)n1)CCCC2N. The maximum absolute atomic E-state index is 6.19. The number of fused-ring (bicyclic) bond motifs is 1. The van der Waals surface area contributed by atoms with Crippen molar-refractivity contribution in [1.29, 1.82) is 0 Å². The third-order valence-corrected chi connectivity index (χ3v) is 3.87. The highest BCUT2D eigenvalue weighted by Crippen LogP contribution is 2.31. The Balaban J connectivity index is 1.97. The van der Waals surface area contributed by atoms with Gasteiger partial charge in [0.05, 0.1) is 12.2 Å². The summed E-state index contributed by atoms with van der Waals surface area (Å²) in [7, 11) is 1.96. The number of aromatic nitrogens is 3. The number of nitrogens with zero attached hydrogens (tertiary/aromatic N) is 3. The van der Waals surface area contributed by atoms with Crippen LogP contribution in [0.15, 0.2) is 18.3 Å². The molecule has 2 N–H and O–H groups in total. The quantitative estimate of drug-likeness (QED) is 0.877. The molecule has 3 rings (SSSR count). The first-order valence-electron chi connectivity index (χ1n) is 6.58. The average Bonchev–Trinajstić information content (AvgIpc) is 2.87. The molecule has 0 bridgehead atoms. The molecule has 0 spiro atoms. The fourth-order valence-electron chi connectivity index (χ4n) is 2.93. The molecule has 4 heteroatoms. The first-order chi connectivity index (χ1) is 8.65. The van der Waals surface area contributed by atoms with E-state index < -0.39 is 0 Å². The molecule has 0 saturated heterocycles. The number of aryl methyl sites for hydroxylation is 2. The first-order valence-corrected chi connectivity index (χ1v) is 6.58. The summed E-state index contributed by atoms with van der Waals surface area (Å²) >= 11 is 0. The molecule has 0 fully saturated rings. The van der Waals surface area contributed by atoms with Crippen LogP contribution in [-0.4, -0.2) is 14.3 Å². The van der Waals surface area contributed by atoms with Gasteiger partial charge in [-0.2, -0.15) is 5.10 Å². The molecule has 2 aromatic rings. The fraction of sp³-hybridized carbons (Fsp3) is 0.500. The maximum atomic E-state index is 6.19. The molecule has 0 aliphatic heterocycles. The van der Waals surface area contributed by atoms with Gasteiger partial charge in [-0.15, -0.1) is 0 Å². The lowest BCUT2D eigenvalue weighted by Crippen LogP contribution is -2.18. The molecule has 0 radical (unpaired) electrons. The molecule has 2 aromatic heterocycles. The lowest BCUT2D eigenvalue weighted by atomic mass is 9.93. The molecule has 1 unspecified atom stereocenters. The van der Waals surface area contributed by atoms with Crippen molar-refractivity contribution in [2.24, 2.45) is 12.8 Å². The van der Waals surface area contributed by atoms with Gasteiger partial charge in [-0.05, 0) is 43.9 Å². The van der Waals surface area contributed by atoms with E-state index in [9.17, 15) is 0 Å². The van der Waals surface area contributed by atoms with Crippen LogP contribution in [0.4, 0.5) is 0 Å². The van der Waals surface area contributed by atoms with Crippen LogP contribution in [0.1, 0.15) is 41.5 Å². The van der Waals surface area contributed by atoms with E-state index in [1.165, 1.54) is 23.4 Å². The van der Waals surface area contributed by atoms with Gasteiger partial charge in [0.15, 0.2) is 0 Å². The standard InChI is InChI=1S/C14H20N4/c1-10-8-12-13(15)4-3-5-14(12)18(10)9-11-6-7-17(2)16-11/h6-8,13H,3-5,9,15H2,1-2H3. The minimum Gasteiger partial charge on any atom is -0.343 e. The lowest BCUT2D eigenvalue weighted by Gasteiger charge is -2.20. The van der Waals surface area contributed by atoms with Gasteiger partial charge >= 0.3 is 0 Å². The number of rotatable bonds is 2. The smallest absolute Gasteiger partial charge is 0.0821 e. The van der Waals surface area contributed by atoms with Crippen LogP contribution in [-0.2, 0) is 20.0 Å². The van der Waals surface area contributed by atoms with Crippen LogP contribution in [0.25, 0.3) is 0 Å². The predicted molar refractivity (Wildman–Crippen MR) is 71.3 cm³/mol. The Morgan fingerprint density at radius 1 is 1.50 bits per heavy atom. The average molecular weight is 244 g/mol. The summed E-state index contributed by atoms with van der Waals surface area (Å²) in [4.78, 5) is 0. The molecule has 0 amide bonds. The van der Waals surface area contributed by atoms with Crippen molar-refractivity contribution in [2.75, 3.05) is 0 Å². The van der Waals surface area contributed by atoms with Crippen molar-refractivity contribution in [3.63, 3.8) is 0 Å². The van der Waals surface area contributed by atoms with E-state index in [-0.39, 0.29) is 6.04 Å². The van der Waals surface area contributed by atoms with Gasteiger partial charge in [-0.1, -0.05) is 0 Å². The highest BCUT2D eigenvalue weighted by Gasteiger charge is 2.22. The van der Waals surface area contributed by atoms with Crippen LogP contribution in [0, 0.1) is 6.92 Å². The van der Waals surface area contributed by atoms with E-state index in [2.05, 4.69) is 28.7 Å².